The third-order valence-corrected chi connectivity index (χ3v) is 5.02. The van der Waals surface area contributed by atoms with Crippen LogP contribution in [0.2, 0.25) is 0 Å². The van der Waals surface area contributed by atoms with Crippen molar-refractivity contribution in [2.45, 2.75) is 37.2 Å². The molecular weight excluding hydrogens is 356 g/mol. The molecule has 1 aromatic carbocycles. The van der Waals surface area contributed by atoms with Gasteiger partial charge in [0.15, 0.2) is 0 Å². The fourth-order valence-corrected chi connectivity index (χ4v) is 3.75. The Labute approximate surface area is 145 Å². The largest absolute Gasteiger partial charge is 0.378 e. The van der Waals surface area contributed by atoms with Crippen molar-refractivity contribution in [1.82, 2.24) is 10.0 Å². The van der Waals surface area contributed by atoms with Gasteiger partial charge in [-0.25, -0.2) is 21.9 Å². The van der Waals surface area contributed by atoms with Gasteiger partial charge in [-0.3, -0.25) is 4.79 Å². The Balaban J connectivity index is 2.29. The monoisotopic (exact) mass is 377 g/mol. The maximum absolute atomic E-state index is 14.0. The summed E-state index contributed by atoms with van der Waals surface area (Å²) in [5.74, 6) is -2.92. The number of amides is 1. The van der Waals surface area contributed by atoms with Crippen molar-refractivity contribution >= 4 is 21.6 Å². The highest BCUT2D eigenvalue weighted by Crippen LogP contribution is 2.24. The van der Waals surface area contributed by atoms with Crippen LogP contribution in [0, 0.1) is 11.6 Å². The first-order valence-electron chi connectivity index (χ1n) is 7.64. The number of halogens is 2. The molecule has 140 valence electrons. The van der Waals surface area contributed by atoms with Crippen molar-refractivity contribution in [3.8, 4) is 0 Å². The molecule has 1 atom stereocenters. The topological polar surface area (TPSA) is 96.5 Å². The van der Waals surface area contributed by atoms with Crippen molar-refractivity contribution in [2.24, 2.45) is 0 Å². The number of carbonyl (C=O) groups excluding carboxylic acids is 1. The Morgan fingerprint density at radius 1 is 1.28 bits per heavy atom. The van der Waals surface area contributed by atoms with Crippen LogP contribution in [0.15, 0.2) is 17.0 Å². The minimum absolute atomic E-state index is 0.103. The number of sulfonamides is 1. The molecule has 10 heteroatoms. The summed E-state index contributed by atoms with van der Waals surface area (Å²) < 4.78 is 60.0. The number of morpholine rings is 1. The highest BCUT2D eigenvalue weighted by molar-refractivity contribution is 7.89. The van der Waals surface area contributed by atoms with Gasteiger partial charge in [-0.2, -0.15) is 0 Å². The molecule has 2 rings (SSSR count). The molecule has 1 aliphatic heterocycles. The number of benzene rings is 1. The van der Waals surface area contributed by atoms with Gasteiger partial charge in [0, 0.05) is 18.2 Å². The van der Waals surface area contributed by atoms with Crippen LogP contribution < -0.4 is 15.4 Å². The van der Waals surface area contributed by atoms with Gasteiger partial charge >= 0.3 is 0 Å². The number of hydrogen-bond donors (Lipinski definition) is 3. The van der Waals surface area contributed by atoms with Crippen LogP contribution >= 0.6 is 0 Å². The van der Waals surface area contributed by atoms with Crippen molar-refractivity contribution in [2.75, 3.05) is 25.1 Å². The van der Waals surface area contributed by atoms with Gasteiger partial charge in [-0.05, 0) is 26.8 Å². The molecule has 0 aromatic heterocycles. The van der Waals surface area contributed by atoms with Crippen molar-refractivity contribution in [3.05, 3.63) is 23.8 Å². The van der Waals surface area contributed by atoms with Crippen LogP contribution in [0.25, 0.3) is 0 Å². The molecule has 25 heavy (non-hydrogen) atoms. The first-order chi connectivity index (χ1) is 11.5. The second-order valence-electron chi connectivity index (χ2n) is 6.69. The van der Waals surface area contributed by atoms with Crippen LogP contribution in [0.1, 0.15) is 20.8 Å². The molecule has 0 bridgehead atoms. The third kappa shape index (κ3) is 5.18. The van der Waals surface area contributed by atoms with Crippen molar-refractivity contribution in [3.63, 3.8) is 0 Å². The SMILES string of the molecule is CC(C)(C)NS(=O)(=O)c1cc(NC(=O)C2COCCN2)c(F)cc1F. The van der Waals surface area contributed by atoms with E-state index >= 15 is 0 Å². The van der Waals surface area contributed by atoms with Crippen LogP contribution in [-0.2, 0) is 19.6 Å². The summed E-state index contributed by atoms with van der Waals surface area (Å²) >= 11 is 0. The zero-order valence-electron chi connectivity index (χ0n) is 14.2. The molecule has 1 saturated heterocycles. The number of rotatable bonds is 4. The summed E-state index contributed by atoms with van der Waals surface area (Å²) in [5, 5.41) is 5.15. The van der Waals surface area contributed by atoms with E-state index in [4.69, 9.17) is 4.74 Å². The molecule has 0 radical (unpaired) electrons. The van der Waals surface area contributed by atoms with E-state index in [1.165, 1.54) is 0 Å². The van der Waals surface area contributed by atoms with E-state index in [-0.39, 0.29) is 6.61 Å². The molecule has 0 saturated carbocycles. The van der Waals surface area contributed by atoms with Gasteiger partial charge in [0.2, 0.25) is 15.9 Å². The zero-order valence-corrected chi connectivity index (χ0v) is 15.0. The third-order valence-electron chi connectivity index (χ3n) is 3.25. The molecule has 1 aliphatic rings. The van der Waals surface area contributed by atoms with Crippen LogP contribution in [-0.4, -0.2) is 45.7 Å². The first kappa shape index (κ1) is 19.7. The Bertz CT molecular complexity index is 757. The smallest absolute Gasteiger partial charge is 0.244 e. The Morgan fingerprint density at radius 2 is 1.96 bits per heavy atom. The maximum Gasteiger partial charge on any atom is 0.244 e. The standard InChI is InChI=1S/C15H21F2N3O4S/c1-15(2,3)20-25(22,23)13-7-11(9(16)6-10(13)17)19-14(21)12-8-24-5-4-18-12/h6-7,12,18,20H,4-5,8H2,1-3H3,(H,19,21). The Hall–Kier alpha value is -1.62. The predicted octanol–water partition coefficient (Wildman–Crippen LogP) is 0.968. The van der Waals surface area contributed by atoms with E-state index in [0.29, 0.717) is 19.2 Å². The molecule has 1 amide bonds. The lowest BCUT2D eigenvalue weighted by Crippen LogP contribution is -2.49. The molecule has 0 aliphatic carbocycles. The van der Waals surface area contributed by atoms with Crippen molar-refractivity contribution in [1.29, 1.82) is 0 Å². The fourth-order valence-electron chi connectivity index (χ4n) is 2.24. The number of hydrogen-bond acceptors (Lipinski definition) is 5. The summed E-state index contributed by atoms with van der Waals surface area (Å²) in [4.78, 5) is 11.4. The lowest BCUT2D eigenvalue weighted by Gasteiger charge is -2.23. The molecule has 1 heterocycles. The molecule has 0 spiro atoms. The van der Waals surface area contributed by atoms with E-state index in [9.17, 15) is 22.0 Å². The highest BCUT2D eigenvalue weighted by Gasteiger charge is 2.28. The summed E-state index contributed by atoms with van der Waals surface area (Å²) in [7, 11) is -4.23. The van der Waals surface area contributed by atoms with Gasteiger partial charge in [0.05, 0.1) is 18.9 Å². The molecule has 1 aromatic rings. The highest BCUT2D eigenvalue weighted by atomic mass is 32.2. The van der Waals surface area contributed by atoms with Gasteiger partial charge in [0.1, 0.15) is 22.6 Å². The lowest BCUT2D eigenvalue weighted by atomic mass is 10.1. The van der Waals surface area contributed by atoms with Gasteiger partial charge in [-0.15, -0.1) is 0 Å². The number of anilines is 1. The average Bonchev–Trinajstić information content (AvgIpc) is 2.48. The van der Waals surface area contributed by atoms with Crippen LogP contribution in [0.4, 0.5) is 14.5 Å². The predicted molar refractivity (Wildman–Crippen MR) is 87.7 cm³/mol. The summed E-state index contributed by atoms with van der Waals surface area (Å²) in [6.07, 6.45) is 0. The summed E-state index contributed by atoms with van der Waals surface area (Å²) in [6, 6.07) is 0.490. The quantitative estimate of drug-likeness (QED) is 0.727. The second kappa shape index (κ2) is 7.32. The van der Waals surface area contributed by atoms with Gasteiger partial charge in [-0.1, -0.05) is 0 Å². The lowest BCUT2D eigenvalue weighted by molar-refractivity contribution is -0.120. The molecular formula is C15H21F2N3O4S. The van der Waals surface area contributed by atoms with E-state index in [0.717, 1.165) is 6.07 Å². The van der Waals surface area contributed by atoms with Crippen molar-refractivity contribution < 1.29 is 26.7 Å². The first-order valence-corrected chi connectivity index (χ1v) is 9.13. The van der Waals surface area contributed by atoms with E-state index in [2.05, 4.69) is 15.4 Å². The summed E-state index contributed by atoms with van der Waals surface area (Å²) in [6.45, 7) is 5.77. The molecule has 1 fully saturated rings. The van der Waals surface area contributed by atoms with E-state index in [1.54, 1.807) is 20.8 Å². The average molecular weight is 377 g/mol. The van der Waals surface area contributed by atoms with Gasteiger partial charge < -0.3 is 15.4 Å². The van der Waals surface area contributed by atoms with Gasteiger partial charge in [0.25, 0.3) is 0 Å². The fraction of sp³-hybridized carbons (Fsp3) is 0.533. The number of carbonyl (C=O) groups is 1. The maximum atomic E-state index is 14.0. The molecule has 3 N–H and O–H groups in total. The van der Waals surface area contributed by atoms with E-state index < -0.39 is 49.7 Å². The minimum atomic E-state index is -4.23. The minimum Gasteiger partial charge on any atom is -0.378 e. The Kier molecular flexibility index (Phi) is 5.77. The summed E-state index contributed by atoms with van der Waals surface area (Å²) in [5.41, 5.74) is -1.28. The second-order valence-corrected chi connectivity index (χ2v) is 8.34. The zero-order chi connectivity index (χ0) is 18.8. The van der Waals surface area contributed by atoms with E-state index in [1.807, 2.05) is 0 Å². The Morgan fingerprint density at radius 3 is 2.52 bits per heavy atom. The molecule has 1 unspecified atom stereocenters. The molecule has 7 nitrogen and oxygen atoms in total. The normalized spacial score (nSPS) is 18.8. The van der Waals surface area contributed by atoms with Crippen LogP contribution in [0.3, 0.4) is 0 Å². The van der Waals surface area contributed by atoms with Crippen LogP contribution in [0.5, 0.6) is 0 Å². The number of nitrogens with one attached hydrogen (secondary N) is 3. The number of ether oxygens (including phenoxy) is 1.